The normalized spacial score (nSPS) is 11.9. The van der Waals surface area contributed by atoms with Gasteiger partial charge in [0.2, 0.25) is 0 Å². The number of carbonyl (C=O) groups is 1. The molecule has 0 bridgehead atoms. The van der Waals surface area contributed by atoms with E-state index >= 15 is 0 Å². The van der Waals surface area contributed by atoms with E-state index in [9.17, 15) is 14.7 Å². The summed E-state index contributed by atoms with van der Waals surface area (Å²) in [7, 11) is 0. The molecule has 35 heavy (non-hydrogen) atoms. The SMILES string of the molecule is Cc1cc([C@@H](C)Nc2ccccc2C(=O)O)c2oc(-c3ccc(-c4cn[nH]c4)cc3)cc(=O)c2c1. The number of hydrogen-bond donors (Lipinski definition) is 3. The Morgan fingerprint density at radius 2 is 1.77 bits per heavy atom. The predicted molar refractivity (Wildman–Crippen MR) is 136 cm³/mol. The van der Waals surface area contributed by atoms with E-state index in [4.69, 9.17) is 4.42 Å². The quantitative estimate of drug-likeness (QED) is 0.283. The van der Waals surface area contributed by atoms with E-state index < -0.39 is 5.97 Å². The predicted octanol–water partition coefficient (Wildman–Crippen LogP) is 6.03. The number of benzene rings is 3. The van der Waals surface area contributed by atoms with Gasteiger partial charge in [0.15, 0.2) is 5.43 Å². The molecule has 2 heterocycles. The Morgan fingerprint density at radius 3 is 2.49 bits per heavy atom. The molecule has 0 radical (unpaired) electrons. The zero-order valence-electron chi connectivity index (χ0n) is 19.2. The standard InChI is InChI=1S/C28H23N3O4/c1-16-11-22(17(2)31-24-6-4-3-5-21(24)28(33)34)27-23(12-16)25(32)13-26(35-27)19-9-7-18(8-10-19)20-14-29-30-15-20/h3-15,17,31H,1-2H3,(H,29,30)(H,33,34)/t17-/m1/s1. The van der Waals surface area contributed by atoms with Gasteiger partial charge in [0.25, 0.3) is 0 Å². The molecule has 2 aromatic heterocycles. The number of aryl methyl sites for hydroxylation is 1. The number of aromatic carboxylic acids is 1. The van der Waals surface area contributed by atoms with E-state index in [1.54, 1.807) is 30.5 Å². The second-order valence-corrected chi connectivity index (χ2v) is 8.49. The third-order valence-electron chi connectivity index (χ3n) is 6.00. The minimum atomic E-state index is -1.01. The summed E-state index contributed by atoms with van der Waals surface area (Å²) in [5, 5.41) is 20.1. The molecule has 0 aliphatic carbocycles. The van der Waals surface area contributed by atoms with E-state index in [1.807, 2.05) is 56.4 Å². The number of carboxylic acid groups (broad SMARTS) is 1. The van der Waals surface area contributed by atoms with Crippen molar-refractivity contribution in [1.82, 2.24) is 10.2 Å². The summed E-state index contributed by atoms with van der Waals surface area (Å²) in [5.41, 5.74) is 5.44. The molecule has 0 aliphatic rings. The second-order valence-electron chi connectivity index (χ2n) is 8.49. The molecule has 0 fully saturated rings. The smallest absolute Gasteiger partial charge is 0.337 e. The average Bonchev–Trinajstić information content (AvgIpc) is 3.39. The van der Waals surface area contributed by atoms with Gasteiger partial charge in [-0.1, -0.05) is 42.5 Å². The molecule has 3 aromatic carbocycles. The van der Waals surface area contributed by atoms with Crippen molar-refractivity contribution < 1.29 is 14.3 Å². The Balaban J connectivity index is 1.57. The van der Waals surface area contributed by atoms with Crippen molar-refractivity contribution in [3.63, 3.8) is 0 Å². The molecule has 0 aliphatic heterocycles. The van der Waals surface area contributed by atoms with Crippen LogP contribution in [0.4, 0.5) is 5.69 Å². The molecule has 7 heteroatoms. The first kappa shape index (κ1) is 22.2. The van der Waals surface area contributed by atoms with E-state index in [0.717, 1.165) is 27.8 Å². The van der Waals surface area contributed by atoms with Crippen LogP contribution in [0.2, 0.25) is 0 Å². The minimum Gasteiger partial charge on any atom is -0.478 e. The molecular weight excluding hydrogens is 442 g/mol. The monoisotopic (exact) mass is 465 g/mol. The maximum absolute atomic E-state index is 13.1. The van der Waals surface area contributed by atoms with Crippen LogP contribution in [0, 0.1) is 6.92 Å². The number of para-hydroxylation sites is 1. The van der Waals surface area contributed by atoms with Crippen LogP contribution < -0.4 is 10.7 Å². The van der Waals surface area contributed by atoms with E-state index in [1.165, 1.54) is 6.07 Å². The van der Waals surface area contributed by atoms with Crippen LogP contribution in [0.3, 0.4) is 0 Å². The maximum Gasteiger partial charge on any atom is 0.337 e. The van der Waals surface area contributed by atoms with Gasteiger partial charge in [-0.05, 0) is 43.2 Å². The largest absolute Gasteiger partial charge is 0.478 e. The number of carboxylic acids is 1. The lowest BCUT2D eigenvalue weighted by Gasteiger charge is -2.19. The van der Waals surface area contributed by atoms with Crippen LogP contribution in [-0.2, 0) is 0 Å². The molecule has 3 N–H and O–H groups in total. The fourth-order valence-corrected chi connectivity index (χ4v) is 4.24. The Morgan fingerprint density at radius 1 is 1.03 bits per heavy atom. The molecule has 0 saturated carbocycles. The van der Waals surface area contributed by atoms with Crippen molar-refractivity contribution in [1.29, 1.82) is 0 Å². The van der Waals surface area contributed by atoms with Crippen molar-refractivity contribution in [2.45, 2.75) is 19.9 Å². The van der Waals surface area contributed by atoms with E-state index in [2.05, 4.69) is 15.5 Å². The van der Waals surface area contributed by atoms with Gasteiger partial charge in [-0.25, -0.2) is 4.79 Å². The molecule has 0 unspecified atom stereocenters. The molecule has 5 aromatic rings. The number of anilines is 1. The Kier molecular flexibility index (Phi) is 5.66. The summed E-state index contributed by atoms with van der Waals surface area (Å²) < 4.78 is 6.31. The zero-order valence-corrected chi connectivity index (χ0v) is 19.2. The highest BCUT2D eigenvalue weighted by Gasteiger charge is 2.18. The lowest BCUT2D eigenvalue weighted by molar-refractivity contribution is 0.0698. The van der Waals surface area contributed by atoms with Gasteiger partial charge in [0.05, 0.1) is 23.2 Å². The van der Waals surface area contributed by atoms with Gasteiger partial charge < -0.3 is 14.8 Å². The van der Waals surface area contributed by atoms with Crippen LogP contribution in [0.5, 0.6) is 0 Å². The highest BCUT2D eigenvalue weighted by molar-refractivity contribution is 5.94. The van der Waals surface area contributed by atoms with Gasteiger partial charge >= 0.3 is 5.97 Å². The summed E-state index contributed by atoms with van der Waals surface area (Å²) in [4.78, 5) is 24.7. The summed E-state index contributed by atoms with van der Waals surface area (Å²) in [6, 6.07) is 19.4. The van der Waals surface area contributed by atoms with Crippen LogP contribution in [-0.4, -0.2) is 21.3 Å². The van der Waals surface area contributed by atoms with Crippen molar-refractivity contribution in [3.05, 3.63) is 106 Å². The Bertz CT molecular complexity index is 1590. The van der Waals surface area contributed by atoms with Crippen molar-refractivity contribution >= 4 is 22.6 Å². The minimum absolute atomic E-state index is 0.136. The molecular formula is C28H23N3O4. The first-order chi connectivity index (χ1) is 16.9. The maximum atomic E-state index is 13.1. The lowest BCUT2D eigenvalue weighted by Crippen LogP contribution is -2.12. The molecule has 5 rings (SSSR count). The summed E-state index contributed by atoms with van der Waals surface area (Å²) in [6.45, 7) is 3.84. The summed E-state index contributed by atoms with van der Waals surface area (Å²) in [5.74, 6) is -0.549. The summed E-state index contributed by atoms with van der Waals surface area (Å²) in [6.07, 6.45) is 3.56. The van der Waals surface area contributed by atoms with Crippen LogP contribution in [0.15, 0.2) is 88.3 Å². The number of rotatable bonds is 6. The number of hydrogen-bond acceptors (Lipinski definition) is 5. The van der Waals surface area contributed by atoms with E-state index in [0.29, 0.717) is 22.4 Å². The lowest BCUT2D eigenvalue weighted by atomic mass is 10.00. The van der Waals surface area contributed by atoms with Gasteiger partial charge in [-0.15, -0.1) is 0 Å². The first-order valence-electron chi connectivity index (χ1n) is 11.2. The average molecular weight is 466 g/mol. The highest BCUT2D eigenvalue weighted by Crippen LogP contribution is 2.32. The Labute approximate surface area is 201 Å². The van der Waals surface area contributed by atoms with E-state index in [-0.39, 0.29) is 17.0 Å². The number of aromatic amines is 1. The third kappa shape index (κ3) is 4.31. The molecule has 1 atom stereocenters. The van der Waals surface area contributed by atoms with Gasteiger partial charge in [-0.2, -0.15) is 5.10 Å². The van der Waals surface area contributed by atoms with Gasteiger partial charge in [0.1, 0.15) is 11.3 Å². The number of nitrogens with zero attached hydrogens (tertiary/aromatic N) is 1. The molecule has 0 spiro atoms. The fraction of sp³-hybridized carbons (Fsp3) is 0.107. The van der Waals surface area contributed by atoms with Crippen molar-refractivity contribution in [2.75, 3.05) is 5.32 Å². The van der Waals surface area contributed by atoms with Gasteiger partial charge in [0, 0.05) is 34.6 Å². The van der Waals surface area contributed by atoms with Crippen LogP contribution >= 0.6 is 0 Å². The highest BCUT2D eigenvalue weighted by atomic mass is 16.4. The fourth-order valence-electron chi connectivity index (χ4n) is 4.24. The van der Waals surface area contributed by atoms with Crippen molar-refractivity contribution in [2.24, 2.45) is 0 Å². The number of nitrogens with one attached hydrogen (secondary N) is 2. The van der Waals surface area contributed by atoms with Crippen LogP contribution in [0.1, 0.15) is 34.5 Å². The molecule has 7 nitrogen and oxygen atoms in total. The topological polar surface area (TPSA) is 108 Å². The molecule has 0 amide bonds. The van der Waals surface area contributed by atoms with Gasteiger partial charge in [-0.3, -0.25) is 9.89 Å². The Hall–Kier alpha value is -4.65. The second kappa shape index (κ2) is 8.95. The number of fused-ring (bicyclic) bond motifs is 1. The summed E-state index contributed by atoms with van der Waals surface area (Å²) >= 11 is 0. The third-order valence-corrected chi connectivity index (χ3v) is 6.00. The van der Waals surface area contributed by atoms with Crippen LogP contribution in [0.25, 0.3) is 33.4 Å². The number of H-pyrrole nitrogens is 1. The number of aromatic nitrogens is 2. The molecule has 174 valence electrons. The van der Waals surface area contributed by atoms with Crippen molar-refractivity contribution in [3.8, 4) is 22.5 Å². The zero-order chi connectivity index (χ0) is 24.5. The molecule has 0 saturated heterocycles. The first-order valence-corrected chi connectivity index (χ1v) is 11.2.